The Hall–Kier alpha value is -1.55. The van der Waals surface area contributed by atoms with Gasteiger partial charge in [0.2, 0.25) is 0 Å². The number of hydrogen-bond donors (Lipinski definition) is 1. The Morgan fingerprint density at radius 3 is 1.93 bits per heavy atom. The lowest BCUT2D eigenvalue weighted by molar-refractivity contribution is 0.271. The summed E-state index contributed by atoms with van der Waals surface area (Å²) >= 11 is 5.92. The number of benzene rings is 2. The summed E-state index contributed by atoms with van der Waals surface area (Å²) in [6.07, 6.45) is 4.28. The molecule has 1 aliphatic rings. The number of rotatable bonds is 5. The number of aryl methyl sites for hydroxylation is 2. The predicted molar refractivity (Wildman–Crippen MR) is 120 cm³/mol. The molecule has 1 fully saturated rings. The van der Waals surface area contributed by atoms with Crippen molar-refractivity contribution in [3.8, 4) is 5.75 Å². The van der Waals surface area contributed by atoms with Crippen molar-refractivity contribution in [1.29, 1.82) is 0 Å². The summed E-state index contributed by atoms with van der Waals surface area (Å²) in [7, 11) is 2.19. The van der Waals surface area contributed by atoms with Crippen LogP contribution in [0.25, 0.3) is 0 Å². The highest BCUT2D eigenvalue weighted by atomic mass is 35.5. The molecule has 0 saturated carbocycles. The van der Waals surface area contributed by atoms with E-state index in [1.807, 2.05) is 26.0 Å². The van der Waals surface area contributed by atoms with Crippen molar-refractivity contribution in [1.82, 2.24) is 9.80 Å². The van der Waals surface area contributed by atoms with Crippen LogP contribution in [0.3, 0.4) is 0 Å². The second-order valence-corrected chi connectivity index (χ2v) is 8.31. The van der Waals surface area contributed by atoms with Gasteiger partial charge in [-0.05, 0) is 87.8 Å². The first kappa shape index (κ1) is 22.7. The van der Waals surface area contributed by atoms with Gasteiger partial charge in [0, 0.05) is 18.1 Å². The SMILES string of the molecule is CCN(Cc1ccc(Cl)cc1)Cc1cc(C)c(O)c(C)c1.CN1CCCCC1. The molecule has 0 bridgehead atoms. The molecule has 4 heteroatoms. The van der Waals surface area contributed by atoms with Gasteiger partial charge in [-0.15, -0.1) is 0 Å². The maximum absolute atomic E-state index is 9.86. The highest BCUT2D eigenvalue weighted by molar-refractivity contribution is 6.30. The lowest BCUT2D eigenvalue weighted by atomic mass is 10.1. The Morgan fingerprint density at radius 1 is 0.929 bits per heavy atom. The van der Waals surface area contributed by atoms with Crippen LogP contribution in [0.2, 0.25) is 5.02 Å². The number of phenolic OH excluding ortho intramolecular Hbond substituents is 1. The van der Waals surface area contributed by atoms with Gasteiger partial charge in [-0.2, -0.15) is 0 Å². The summed E-state index contributed by atoms with van der Waals surface area (Å²) < 4.78 is 0. The third kappa shape index (κ3) is 7.46. The molecule has 3 nitrogen and oxygen atoms in total. The van der Waals surface area contributed by atoms with E-state index in [4.69, 9.17) is 11.6 Å². The fourth-order valence-electron chi connectivity index (χ4n) is 3.57. The van der Waals surface area contributed by atoms with Crippen LogP contribution in [0.1, 0.15) is 48.4 Å². The summed E-state index contributed by atoms with van der Waals surface area (Å²) in [5.74, 6) is 0.402. The van der Waals surface area contributed by atoms with Crippen LogP contribution in [-0.4, -0.2) is 41.6 Å². The van der Waals surface area contributed by atoms with Crippen LogP contribution >= 0.6 is 11.6 Å². The molecular formula is C24H35ClN2O. The standard InChI is InChI=1S/C18H22ClNO.C6H13N/c1-4-20(11-15-5-7-17(19)8-6-15)12-16-9-13(2)18(21)14(3)10-16;1-7-5-3-2-4-6-7/h5-10,21H,4,11-12H2,1-3H3;2-6H2,1H3. The molecule has 0 unspecified atom stereocenters. The second-order valence-electron chi connectivity index (χ2n) is 7.87. The van der Waals surface area contributed by atoms with Crippen LogP contribution in [0.15, 0.2) is 36.4 Å². The molecule has 28 heavy (non-hydrogen) atoms. The first-order valence-corrected chi connectivity index (χ1v) is 10.7. The number of piperidine rings is 1. The fourth-order valence-corrected chi connectivity index (χ4v) is 3.70. The highest BCUT2D eigenvalue weighted by Crippen LogP contribution is 2.24. The number of nitrogens with zero attached hydrogens (tertiary/aromatic N) is 2. The van der Waals surface area contributed by atoms with E-state index in [-0.39, 0.29) is 0 Å². The number of likely N-dealkylation sites (tertiary alicyclic amines) is 1. The van der Waals surface area contributed by atoms with Crippen molar-refractivity contribution in [3.63, 3.8) is 0 Å². The molecule has 154 valence electrons. The molecule has 2 aromatic rings. The largest absolute Gasteiger partial charge is 0.507 e. The topological polar surface area (TPSA) is 26.7 Å². The molecule has 3 rings (SSSR count). The molecule has 0 amide bonds. The molecule has 0 spiro atoms. The lowest BCUT2D eigenvalue weighted by Gasteiger charge is -2.21. The van der Waals surface area contributed by atoms with Crippen LogP contribution in [-0.2, 0) is 13.1 Å². The second kappa shape index (κ2) is 11.5. The van der Waals surface area contributed by atoms with Crippen LogP contribution in [0.5, 0.6) is 5.75 Å². The highest BCUT2D eigenvalue weighted by Gasteiger charge is 2.08. The minimum absolute atomic E-state index is 0.402. The zero-order valence-electron chi connectivity index (χ0n) is 17.8. The Morgan fingerprint density at radius 2 is 1.46 bits per heavy atom. The van der Waals surface area contributed by atoms with Gasteiger partial charge in [-0.1, -0.05) is 49.2 Å². The van der Waals surface area contributed by atoms with E-state index in [1.165, 1.54) is 43.5 Å². The number of aromatic hydroxyl groups is 1. The summed E-state index contributed by atoms with van der Waals surface area (Å²) in [5, 5.41) is 10.6. The van der Waals surface area contributed by atoms with Crippen molar-refractivity contribution < 1.29 is 5.11 Å². The number of hydrogen-bond acceptors (Lipinski definition) is 3. The molecule has 0 aliphatic carbocycles. The Kier molecular flexibility index (Phi) is 9.30. The minimum atomic E-state index is 0.402. The fraction of sp³-hybridized carbons (Fsp3) is 0.500. The van der Waals surface area contributed by atoms with Crippen LogP contribution < -0.4 is 0 Å². The summed E-state index contributed by atoms with van der Waals surface area (Å²) in [6, 6.07) is 12.1. The van der Waals surface area contributed by atoms with Crippen molar-refractivity contribution in [3.05, 3.63) is 63.7 Å². The van der Waals surface area contributed by atoms with Gasteiger partial charge in [0.25, 0.3) is 0 Å². The first-order valence-electron chi connectivity index (χ1n) is 10.3. The van der Waals surface area contributed by atoms with Gasteiger partial charge in [0.05, 0.1) is 0 Å². The lowest BCUT2D eigenvalue weighted by Crippen LogP contribution is -2.24. The normalized spacial score (nSPS) is 14.6. The first-order chi connectivity index (χ1) is 13.4. The van der Waals surface area contributed by atoms with Gasteiger partial charge >= 0.3 is 0 Å². The number of halogens is 1. The van der Waals surface area contributed by atoms with Crippen molar-refractivity contribution in [2.45, 2.75) is 53.1 Å². The summed E-state index contributed by atoms with van der Waals surface area (Å²) in [5.41, 5.74) is 4.37. The molecule has 0 radical (unpaired) electrons. The maximum Gasteiger partial charge on any atom is 0.121 e. The van der Waals surface area contributed by atoms with E-state index in [9.17, 15) is 5.11 Å². The molecule has 1 aliphatic heterocycles. The monoisotopic (exact) mass is 402 g/mol. The third-order valence-corrected chi connectivity index (χ3v) is 5.56. The van der Waals surface area contributed by atoms with Crippen LogP contribution in [0.4, 0.5) is 0 Å². The van der Waals surface area contributed by atoms with E-state index in [2.05, 4.69) is 48.0 Å². The van der Waals surface area contributed by atoms with Crippen molar-refractivity contribution in [2.75, 3.05) is 26.7 Å². The zero-order chi connectivity index (χ0) is 20.5. The Balaban J connectivity index is 0.000000336. The van der Waals surface area contributed by atoms with Gasteiger partial charge in [-0.25, -0.2) is 0 Å². The minimum Gasteiger partial charge on any atom is -0.507 e. The van der Waals surface area contributed by atoms with E-state index in [0.717, 1.165) is 35.8 Å². The quantitative estimate of drug-likeness (QED) is 0.685. The molecule has 0 atom stereocenters. The summed E-state index contributed by atoms with van der Waals surface area (Å²) in [6.45, 7) is 11.4. The smallest absolute Gasteiger partial charge is 0.121 e. The maximum atomic E-state index is 9.86. The average molecular weight is 403 g/mol. The molecule has 1 N–H and O–H groups in total. The van der Waals surface area contributed by atoms with E-state index in [0.29, 0.717) is 5.75 Å². The Labute approximate surface area is 175 Å². The zero-order valence-corrected chi connectivity index (χ0v) is 18.6. The number of phenols is 1. The molecule has 1 saturated heterocycles. The molecule has 1 heterocycles. The molecule has 2 aromatic carbocycles. The van der Waals surface area contributed by atoms with E-state index in [1.54, 1.807) is 0 Å². The van der Waals surface area contributed by atoms with Gasteiger partial charge in [-0.3, -0.25) is 4.90 Å². The molecule has 0 aromatic heterocycles. The van der Waals surface area contributed by atoms with E-state index < -0.39 is 0 Å². The average Bonchev–Trinajstić information content (AvgIpc) is 2.68. The van der Waals surface area contributed by atoms with Crippen molar-refractivity contribution >= 4 is 11.6 Å². The van der Waals surface area contributed by atoms with Gasteiger partial charge < -0.3 is 10.0 Å². The Bertz CT molecular complexity index is 701. The van der Waals surface area contributed by atoms with Gasteiger partial charge in [0.15, 0.2) is 0 Å². The van der Waals surface area contributed by atoms with Crippen LogP contribution in [0, 0.1) is 13.8 Å². The van der Waals surface area contributed by atoms with Gasteiger partial charge in [0.1, 0.15) is 5.75 Å². The van der Waals surface area contributed by atoms with Crippen molar-refractivity contribution in [2.24, 2.45) is 0 Å². The predicted octanol–water partition coefficient (Wildman–Crippen LogP) is 5.79. The third-order valence-electron chi connectivity index (χ3n) is 5.30. The van der Waals surface area contributed by atoms with E-state index >= 15 is 0 Å². The summed E-state index contributed by atoms with van der Waals surface area (Å²) in [4.78, 5) is 4.76. The molecular weight excluding hydrogens is 368 g/mol.